The summed E-state index contributed by atoms with van der Waals surface area (Å²) in [4.78, 5) is 27.2. The van der Waals surface area contributed by atoms with Gasteiger partial charge in [-0.2, -0.15) is 0 Å². The molecule has 0 radical (unpaired) electrons. The number of hydrogen-bond donors (Lipinski definition) is 3. The summed E-state index contributed by atoms with van der Waals surface area (Å²) in [5, 5.41) is 17.8. The maximum Gasteiger partial charge on any atom is 0.223 e. The van der Waals surface area contributed by atoms with Gasteiger partial charge in [0.1, 0.15) is 5.54 Å². The van der Waals surface area contributed by atoms with Crippen LogP contribution < -0.4 is 10.6 Å². The molecule has 0 aliphatic carbocycles. The molecule has 0 heterocycles. The van der Waals surface area contributed by atoms with Crippen LogP contribution in [0, 0.1) is 0 Å². The van der Waals surface area contributed by atoms with Gasteiger partial charge in [0.15, 0.2) is 0 Å². The minimum Gasteiger partial charge on any atom is -0.391 e. The van der Waals surface area contributed by atoms with E-state index in [0.717, 1.165) is 61.6 Å². The molecule has 0 saturated heterocycles. The minimum absolute atomic E-state index is 0.0394. The molecule has 0 aliphatic heterocycles. The Hall–Kier alpha value is -4.22. The van der Waals surface area contributed by atoms with Crippen molar-refractivity contribution in [2.75, 3.05) is 0 Å². The molecule has 0 fully saturated rings. The van der Waals surface area contributed by atoms with Crippen molar-refractivity contribution in [2.24, 2.45) is 0 Å². The second kappa shape index (κ2) is 17.9. The van der Waals surface area contributed by atoms with Gasteiger partial charge in [-0.1, -0.05) is 154 Å². The van der Waals surface area contributed by atoms with Crippen LogP contribution in [-0.2, 0) is 21.5 Å². The summed E-state index contributed by atoms with van der Waals surface area (Å²) in [6.45, 7) is 2.17. The molecule has 0 saturated carbocycles. The van der Waals surface area contributed by atoms with Gasteiger partial charge in [0.25, 0.3) is 0 Å². The molecule has 2 amide bonds. The zero-order chi connectivity index (χ0) is 31.7. The van der Waals surface area contributed by atoms with Gasteiger partial charge in [0, 0.05) is 12.8 Å². The Morgan fingerprint density at radius 1 is 0.644 bits per heavy atom. The number of aryl methyl sites for hydroxylation is 1. The molecule has 2 atom stereocenters. The van der Waals surface area contributed by atoms with E-state index in [4.69, 9.17) is 0 Å². The average molecular weight is 605 g/mol. The first-order chi connectivity index (χ1) is 22.0. The molecule has 0 aliphatic rings. The van der Waals surface area contributed by atoms with Gasteiger partial charge in [0.05, 0.1) is 12.1 Å². The third-order valence-electron chi connectivity index (χ3n) is 8.48. The van der Waals surface area contributed by atoms with Gasteiger partial charge in [-0.15, -0.1) is 0 Å². The van der Waals surface area contributed by atoms with E-state index >= 15 is 0 Å². The van der Waals surface area contributed by atoms with E-state index in [1.165, 1.54) is 5.56 Å². The summed E-state index contributed by atoms with van der Waals surface area (Å²) >= 11 is 0. The number of hydrogen-bond acceptors (Lipinski definition) is 3. The Morgan fingerprint density at radius 2 is 1.13 bits per heavy atom. The van der Waals surface area contributed by atoms with Crippen LogP contribution in [0.3, 0.4) is 0 Å². The fraction of sp³-hybridized carbons (Fsp3) is 0.350. The number of benzene rings is 4. The maximum absolute atomic E-state index is 14.1. The highest BCUT2D eigenvalue weighted by Gasteiger charge is 2.38. The first-order valence-corrected chi connectivity index (χ1v) is 16.5. The van der Waals surface area contributed by atoms with Crippen LogP contribution in [0.15, 0.2) is 121 Å². The summed E-state index contributed by atoms with van der Waals surface area (Å²) in [5.41, 5.74) is 3.01. The third-order valence-corrected chi connectivity index (χ3v) is 8.48. The average Bonchev–Trinajstić information content (AvgIpc) is 3.08. The van der Waals surface area contributed by atoms with Crippen LogP contribution in [0.5, 0.6) is 0 Å². The maximum atomic E-state index is 14.1. The number of amides is 2. The second-order valence-corrected chi connectivity index (χ2v) is 11.9. The van der Waals surface area contributed by atoms with Crippen LogP contribution in [-0.4, -0.2) is 29.1 Å². The van der Waals surface area contributed by atoms with Crippen molar-refractivity contribution in [3.05, 3.63) is 144 Å². The Morgan fingerprint density at radius 3 is 1.64 bits per heavy atom. The van der Waals surface area contributed by atoms with Gasteiger partial charge in [-0.3, -0.25) is 9.59 Å². The van der Waals surface area contributed by atoms with Crippen molar-refractivity contribution >= 4 is 11.8 Å². The summed E-state index contributed by atoms with van der Waals surface area (Å²) in [7, 11) is 0. The lowest BCUT2D eigenvalue weighted by Crippen LogP contribution is -2.51. The fourth-order valence-corrected chi connectivity index (χ4v) is 6.05. The predicted molar refractivity (Wildman–Crippen MR) is 183 cm³/mol. The molecule has 4 aromatic carbocycles. The lowest BCUT2D eigenvalue weighted by molar-refractivity contribution is -0.125. The molecule has 4 rings (SSSR count). The molecule has 0 spiro atoms. The topological polar surface area (TPSA) is 78.4 Å². The molecular formula is C40H48N2O3. The summed E-state index contributed by atoms with van der Waals surface area (Å²) < 4.78 is 0. The van der Waals surface area contributed by atoms with Crippen molar-refractivity contribution in [1.29, 1.82) is 0 Å². The molecule has 236 valence electrons. The van der Waals surface area contributed by atoms with E-state index in [1.54, 1.807) is 0 Å². The van der Waals surface area contributed by atoms with E-state index in [9.17, 15) is 14.7 Å². The first-order valence-electron chi connectivity index (χ1n) is 16.5. The third kappa shape index (κ3) is 9.89. The number of carbonyl (C=O) groups is 2. The fourth-order valence-electron chi connectivity index (χ4n) is 6.05. The predicted octanol–water partition coefficient (Wildman–Crippen LogP) is 7.71. The van der Waals surface area contributed by atoms with E-state index in [1.807, 2.05) is 109 Å². The van der Waals surface area contributed by atoms with Gasteiger partial charge in [-0.25, -0.2) is 0 Å². The van der Waals surface area contributed by atoms with Crippen LogP contribution in [0.1, 0.15) is 87.0 Å². The Balaban J connectivity index is 1.57. The van der Waals surface area contributed by atoms with Crippen molar-refractivity contribution in [2.45, 2.75) is 88.8 Å². The van der Waals surface area contributed by atoms with Crippen LogP contribution in [0.25, 0.3) is 0 Å². The van der Waals surface area contributed by atoms with Crippen molar-refractivity contribution < 1.29 is 14.7 Å². The number of unbranched alkanes of at least 4 members (excludes halogenated alkanes) is 4. The van der Waals surface area contributed by atoms with Gasteiger partial charge >= 0.3 is 0 Å². The van der Waals surface area contributed by atoms with Gasteiger partial charge in [-0.05, 0) is 47.9 Å². The summed E-state index contributed by atoms with van der Waals surface area (Å²) in [6.07, 6.45) is 6.76. The van der Waals surface area contributed by atoms with Crippen LogP contribution in [0.2, 0.25) is 0 Å². The molecule has 5 nitrogen and oxygen atoms in total. The number of rotatable bonds is 18. The van der Waals surface area contributed by atoms with E-state index in [0.29, 0.717) is 12.8 Å². The quantitative estimate of drug-likeness (QED) is 0.0804. The minimum atomic E-state index is -0.965. The Kier molecular flexibility index (Phi) is 13.4. The standard InChI is InChI=1S/C40H48N2O3/c1-2-3-4-5-18-30-38(44)41-36(37(43)29-19-22-32-20-10-6-11-21-32)31-39(45)42-40(33-23-12-7-13-24-33,34-25-14-8-15-26-34)35-27-16-9-17-28-35/h6-17,20-21,23-28,36-37,43H,2-5,18-19,22,29-31H2,1H3,(H,41,44)(H,42,45)/t36-,37+/m0/s1. The Labute approximate surface area is 269 Å². The normalized spacial score (nSPS) is 12.7. The lowest BCUT2D eigenvalue weighted by atomic mass is 9.76. The molecule has 4 aromatic rings. The smallest absolute Gasteiger partial charge is 0.223 e. The highest BCUT2D eigenvalue weighted by Crippen LogP contribution is 2.37. The SMILES string of the molecule is CCCCCCCC(=O)N[C@@H](CC(=O)NC(c1ccccc1)(c1ccccc1)c1ccccc1)[C@H](O)CCCc1ccccc1. The molecule has 0 bridgehead atoms. The first kappa shape index (κ1) is 33.7. The molecule has 5 heteroatoms. The monoisotopic (exact) mass is 604 g/mol. The summed E-state index contributed by atoms with van der Waals surface area (Å²) in [5.74, 6) is -0.367. The zero-order valence-corrected chi connectivity index (χ0v) is 26.5. The number of aliphatic hydroxyl groups is 1. The molecule has 0 unspecified atom stereocenters. The second-order valence-electron chi connectivity index (χ2n) is 11.9. The van der Waals surface area contributed by atoms with E-state index < -0.39 is 17.7 Å². The largest absolute Gasteiger partial charge is 0.391 e. The van der Waals surface area contributed by atoms with E-state index in [2.05, 4.69) is 29.7 Å². The summed E-state index contributed by atoms with van der Waals surface area (Å²) in [6, 6.07) is 39.3. The van der Waals surface area contributed by atoms with Crippen molar-refractivity contribution in [3.8, 4) is 0 Å². The highest BCUT2D eigenvalue weighted by atomic mass is 16.3. The number of carbonyl (C=O) groups excluding carboxylic acids is 2. The lowest BCUT2D eigenvalue weighted by Gasteiger charge is -2.37. The number of nitrogens with one attached hydrogen (secondary N) is 2. The van der Waals surface area contributed by atoms with Crippen LogP contribution >= 0.6 is 0 Å². The van der Waals surface area contributed by atoms with Crippen molar-refractivity contribution in [1.82, 2.24) is 10.6 Å². The number of aliphatic hydroxyl groups excluding tert-OH is 1. The molecule has 45 heavy (non-hydrogen) atoms. The van der Waals surface area contributed by atoms with Crippen LogP contribution in [0.4, 0.5) is 0 Å². The molecular weight excluding hydrogens is 556 g/mol. The van der Waals surface area contributed by atoms with Gasteiger partial charge in [0.2, 0.25) is 11.8 Å². The zero-order valence-electron chi connectivity index (χ0n) is 26.5. The van der Waals surface area contributed by atoms with Gasteiger partial charge < -0.3 is 15.7 Å². The van der Waals surface area contributed by atoms with Crippen molar-refractivity contribution in [3.63, 3.8) is 0 Å². The molecule has 3 N–H and O–H groups in total. The van der Waals surface area contributed by atoms with E-state index in [-0.39, 0.29) is 18.2 Å². The highest BCUT2D eigenvalue weighted by molar-refractivity contribution is 5.81. The Bertz CT molecular complexity index is 1310. The molecule has 0 aromatic heterocycles.